The highest BCUT2D eigenvalue weighted by Crippen LogP contribution is 2.34. The largest absolute Gasteiger partial charge is 0.389 e. The van der Waals surface area contributed by atoms with Gasteiger partial charge in [-0.15, -0.1) is 5.10 Å². The van der Waals surface area contributed by atoms with E-state index in [1.807, 2.05) is 18.2 Å². The molecule has 1 unspecified atom stereocenters. The minimum absolute atomic E-state index is 0.00278. The Labute approximate surface area is 246 Å². The van der Waals surface area contributed by atoms with Crippen LogP contribution in [0.2, 0.25) is 0 Å². The topological polar surface area (TPSA) is 113 Å². The van der Waals surface area contributed by atoms with E-state index in [9.17, 15) is 22.8 Å². The van der Waals surface area contributed by atoms with Gasteiger partial charge in [-0.05, 0) is 80.7 Å². The number of ether oxygens (including phenoxy) is 1. The fraction of sp³-hybridized carbons (Fsp3) is 0.467. The Morgan fingerprint density at radius 2 is 1.93 bits per heavy atom. The van der Waals surface area contributed by atoms with Crippen molar-refractivity contribution in [1.29, 1.82) is 0 Å². The number of aromatic nitrogens is 3. The molecule has 13 heteroatoms. The number of fused-ring (bicyclic) bond motifs is 1. The fourth-order valence-corrected chi connectivity index (χ4v) is 6.03. The zero-order chi connectivity index (χ0) is 30.0. The summed E-state index contributed by atoms with van der Waals surface area (Å²) in [6.07, 6.45) is 0.896. The van der Waals surface area contributed by atoms with Gasteiger partial charge in [-0.3, -0.25) is 9.59 Å². The Morgan fingerprint density at radius 1 is 1.14 bits per heavy atom. The van der Waals surface area contributed by atoms with Crippen LogP contribution in [-0.2, 0) is 9.53 Å². The van der Waals surface area contributed by atoms with E-state index >= 15 is 0 Å². The second kappa shape index (κ2) is 12.0. The highest BCUT2D eigenvalue weighted by Gasteiger charge is 2.41. The summed E-state index contributed by atoms with van der Waals surface area (Å²) in [5.41, 5.74) is 3.58. The quantitative estimate of drug-likeness (QED) is 0.377. The van der Waals surface area contributed by atoms with Gasteiger partial charge in [0.25, 0.3) is 5.91 Å². The van der Waals surface area contributed by atoms with Gasteiger partial charge in [0.2, 0.25) is 11.9 Å². The van der Waals surface area contributed by atoms with Gasteiger partial charge in [0.15, 0.2) is 5.65 Å². The predicted octanol–water partition coefficient (Wildman–Crippen LogP) is 4.07. The molecule has 10 nitrogen and oxygen atoms in total. The second-order valence-electron chi connectivity index (χ2n) is 11.4. The number of hydrogen-bond donors (Lipinski definition) is 3. The zero-order valence-corrected chi connectivity index (χ0v) is 23.6. The SMILES string of the molecule is O=C(NC1COC2(CCNCC2)C1)c1ccc(Nc2nc3c(C4=CCN(C(=O)CCC(F)(F)F)CC4)cccn3n2)cc1. The summed E-state index contributed by atoms with van der Waals surface area (Å²) in [4.78, 5) is 31.2. The summed E-state index contributed by atoms with van der Waals surface area (Å²) in [6, 6.07) is 10.9. The zero-order valence-electron chi connectivity index (χ0n) is 23.6. The lowest BCUT2D eigenvalue weighted by atomic mass is 9.88. The minimum Gasteiger partial charge on any atom is -0.373 e. The summed E-state index contributed by atoms with van der Waals surface area (Å²) in [6.45, 7) is 3.00. The number of carbonyl (C=O) groups is 2. The van der Waals surface area contributed by atoms with Crippen molar-refractivity contribution in [3.8, 4) is 0 Å². The Bertz CT molecular complexity index is 1510. The number of alkyl halides is 3. The lowest BCUT2D eigenvalue weighted by molar-refractivity contribution is -0.148. The molecule has 1 spiro atoms. The van der Waals surface area contributed by atoms with E-state index < -0.39 is 24.9 Å². The third-order valence-corrected chi connectivity index (χ3v) is 8.35. The van der Waals surface area contributed by atoms with Crippen LogP contribution in [0, 0.1) is 0 Å². The Kier molecular flexibility index (Phi) is 8.10. The number of nitrogens with one attached hydrogen (secondary N) is 3. The van der Waals surface area contributed by atoms with Gasteiger partial charge >= 0.3 is 6.18 Å². The second-order valence-corrected chi connectivity index (χ2v) is 11.4. The van der Waals surface area contributed by atoms with Crippen LogP contribution in [0.4, 0.5) is 24.8 Å². The third kappa shape index (κ3) is 6.83. The lowest BCUT2D eigenvalue weighted by Gasteiger charge is -2.32. The van der Waals surface area contributed by atoms with Gasteiger partial charge in [-0.25, -0.2) is 4.52 Å². The molecule has 0 aliphatic carbocycles. The molecule has 1 aromatic carbocycles. The van der Waals surface area contributed by atoms with Crippen molar-refractivity contribution in [2.24, 2.45) is 0 Å². The van der Waals surface area contributed by atoms with Crippen LogP contribution < -0.4 is 16.0 Å². The molecule has 3 aliphatic rings. The molecule has 2 amide bonds. The number of halogens is 3. The van der Waals surface area contributed by atoms with Gasteiger partial charge in [-0.2, -0.15) is 18.2 Å². The molecule has 5 heterocycles. The van der Waals surface area contributed by atoms with E-state index in [-0.39, 0.29) is 24.1 Å². The average Bonchev–Trinajstić information content (AvgIpc) is 3.59. The van der Waals surface area contributed by atoms with Gasteiger partial charge in [0, 0.05) is 42.5 Å². The molecule has 2 aromatic heterocycles. The van der Waals surface area contributed by atoms with Crippen molar-refractivity contribution >= 4 is 34.7 Å². The number of hydrogen-bond acceptors (Lipinski definition) is 7. The van der Waals surface area contributed by atoms with Crippen molar-refractivity contribution in [3.63, 3.8) is 0 Å². The Hall–Kier alpha value is -3.97. The van der Waals surface area contributed by atoms with E-state index in [0.717, 1.165) is 49.2 Å². The molecule has 2 saturated heterocycles. The first-order valence-electron chi connectivity index (χ1n) is 14.6. The van der Waals surface area contributed by atoms with Crippen LogP contribution in [0.1, 0.15) is 54.4 Å². The molecule has 43 heavy (non-hydrogen) atoms. The van der Waals surface area contributed by atoms with Crippen LogP contribution in [0.5, 0.6) is 0 Å². The summed E-state index contributed by atoms with van der Waals surface area (Å²) >= 11 is 0. The van der Waals surface area contributed by atoms with E-state index in [2.05, 4.69) is 26.0 Å². The highest BCUT2D eigenvalue weighted by atomic mass is 19.4. The number of anilines is 2. The Balaban J connectivity index is 1.07. The summed E-state index contributed by atoms with van der Waals surface area (Å²) in [5, 5.41) is 14.2. The summed E-state index contributed by atoms with van der Waals surface area (Å²) in [5.74, 6) is -0.259. The van der Waals surface area contributed by atoms with Crippen LogP contribution in [0.15, 0.2) is 48.7 Å². The highest BCUT2D eigenvalue weighted by molar-refractivity contribution is 5.94. The first-order valence-corrected chi connectivity index (χ1v) is 14.6. The normalized spacial score (nSPS) is 20.3. The molecule has 6 rings (SSSR count). The molecule has 2 fully saturated rings. The smallest absolute Gasteiger partial charge is 0.373 e. The number of benzene rings is 1. The lowest BCUT2D eigenvalue weighted by Crippen LogP contribution is -2.43. The third-order valence-electron chi connectivity index (χ3n) is 8.35. The number of pyridine rings is 1. The van der Waals surface area contributed by atoms with E-state index in [1.54, 1.807) is 35.0 Å². The maximum absolute atomic E-state index is 12.9. The summed E-state index contributed by atoms with van der Waals surface area (Å²) in [7, 11) is 0. The monoisotopic (exact) mass is 597 g/mol. The molecule has 0 saturated carbocycles. The van der Waals surface area contributed by atoms with Gasteiger partial charge < -0.3 is 25.6 Å². The van der Waals surface area contributed by atoms with Crippen molar-refractivity contribution in [2.45, 2.75) is 56.3 Å². The number of carbonyl (C=O) groups excluding carboxylic acids is 2. The van der Waals surface area contributed by atoms with Crippen molar-refractivity contribution in [3.05, 3.63) is 59.8 Å². The molecule has 3 aliphatic heterocycles. The minimum atomic E-state index is -4.35. The average molecular weight is 598 g/mol. The molecule has 0 radical (unpaired) electrons. The fourth-order valence-electron chi connectivity index (χ4n) is 6.03. The van der Waals surface area contributed by atoms with Crippen molar-refractivity contribution in [1.82, 2.24) is 30.1 Å². The van der Waals surface area contributed by atoms with Gasteiger partial charge in [0.05, 0.1) is 24.7 Å². The summed E-state index contributed by atoms with van der Waals surface area (Å²) < 4.78 is 45.2. The molecule has 228 valence electrons. The maximum atomic E-state index is 12.9. The number of rotatable bonds is 7. The van der Waals surface area contributed by atoms with Gasteiger partial charge in [0.1, 0.15) is 0 Å². The molecule has 0 bridgehead atoms. The van der Waals surface area contributed by atoms with E-state index in [0.29, 0.717) is 36.7 Å². The number of piperidine rings is 1. The standard InChI is InChI=1S/C30H34F3N7O3/c31-30(32,33)10-7-25(41)39-16-8-20(9-17-39)24-2-1-15-40-26(24)37-28(38-40)36-22-5-3-21(4-6-22)27(42)35-23-18-29(43-19-23)11-13-34-14-12-29/h1-6,8,15,23,34H,7,9-14,16-19H2,(H,35,42)(H,36,38). The Morgan fingerprint density at radius 3 is 2.65 bits per heavy atom. The molecule has 3 aromatic rings. The van der Waals surface area contributed by atoms with Crippen LogP contribution in [0.3, 0.4) is 0 Å². The number of nitrogens with zero attached hydrogens (tertiary/aromatic N) is 4. The number of amides is 2. The first-order chi connectivity index (χ1) is 20.7. The molecule has 1 atom stereocenters. The van der Waals surface area contributed by atoms with Crippen molar-refractivity contribution in [2.75, 3.05) is 38.1 Å². The van der Waals surface area contributed by atoms with Crippen molar-refractivity contribution < 1.29 is 27.5 Å². The van der Waals surface area contributed by atoms with Crippen LogP contribution in [-0.4, -0.2) is 81.9 Å². The predicted molar refractivity (Wildman–Crippen MR) is 154 cm³/mol. The molecule has 3 N–H and O–H groups in total. The van der Waals surface area contributed by atoms with Gasteiger partial charge in [-0.1, -0.05) is 6.08 Å². The van der Waals surface area contributed by atoms with Crippen LogP contribution in [0.25, 0.3) is 11.2 Å². The van der Waals surface area contributed by atoms with E-state index in [1.165, 1.54) is 4.90 Å². The van der Waals surface area contributed by atoms with E-state index in [4.69, 9.17) is 4.74 Å². The first kappa shape index (κ1) is 29.1. The maximum Gasteiger partial charge on any atom is 0.389 e. The van der Waals surface area contributed by atoms with Crippen LogP contribution >= 0.6 is 0 Å². The molecular formula is C30H34F3N7O3. The molecular weight excluding hydrogens is 563 g/mol.